The highest BCUT2D eigenvalue weighted by Crippen LogP contribution is 2.25. The minimum Gasteiger partial charge on any atom is -0.465 e. The van der Waals surface area contributed by atoms with Gasteiger partial charge in [-0.3, -0.25) is 4.79 Å². The number of thiazole rings is 1. The van der Waals surface area contributed by atoms with Crippen LogP contribution in [-0.4, -0.2) is 31.3 Å². The summed E-state index contributed by atoms with van der Waals surface area (Å²) in [6.45, 7) is 7.51. The van der Waals surface area contributed by atoms with Crippen LogP contribution < -0.4 is 0 Å². The van der Waals surface area contributed by atoms with Gasteiger partial charge in [0.2, 0.25) is 0 Å². The van der Waals surface area contributed by atoms with Crippen LogP contribution in [0.5, 0.6) is 0 Å². The molecule has 0 aliphatic rings. The highest BCUT2D eigenvalue weighted by Gasteiger charge is 2.18. The fourth-order valence-electron chi connectivity index (χ4n) is 1.47. The van der Waals surface area contributed by atoms with Crippen molar-refractivity contribution in [3.05, 3.63) is 16.1 Å². The Hall–Kier alpha value is -0.940. The molecule has 0 aromatic carbocycles. The van der Waals surface area contributed by atoms with Crippen LogP contribution in [0.2, 0.25) is 0 Å². The second-order valence-corrected chi connectivity index (χ2v) is 6.35. The number of nitrogens with zero attached hydrogens (tertiary/aromatic N) is 1. The molecular weight excluding hydrogens is 262 g/mol. The van der Waals surface area contributed by atoms with Gasteiger partial charge in [0.25, 0.3) is 0 Å². The number of hydrogen-bond acceptors (Lipinski definition) is 5. The van der Waals surface area contributed by atoms with Crippen molar-refractivity contribution in [2.24, 2.45) is 0 Å². The number of aromatic nitrogens is 1. The van der Waals surface area contributed by atoms with Gasteiger partial charge in [0.05, 0.1) is 23.7 Å². The van der Waals surface area contributed by atoms with Gasteiger partial charge in [0.15, 0.2) is 0 Å². The summed E-state index contributed by atoms with van der Waals surface area (Å²) in [5, 5.41) is 2.99. The maximum atomic E-state index is 11.6. The lowest BCUT2D eigenvalue weighted by Gasteiger charge is -2.13. The zero-order chi connectivity index (χ0) is 14.3. The van der Waals surface area contributed by atoms with Gasteiger partial charge in [-0.15, -0.1) is 11.3 Å². The molecule has 0 amide bonds. The molecule has 19 heavy (non-hydrogen) atoms. The Bertz CT molecular complexity index is 396. The van der Waals surface area contributed by atoms with E-state index in [1.54, 1.807) is 18.4 Å². The Labute approximate surface area is 119 Å². The topological polar surface area (TPSA) is 48.4 Å². The van der Waals surface area contributed by atoms with Crippen LogP contribution in [0.3, 0.4) is 0 Å². The lowest BCUT2D eigenvalue weighted by atomic mass is 9.98. The van der Waals surface area contributed by atoms with Gasteiger partial charge in [0.1, 0.15) is 0 Å². The fraction of sp³-hybridized carbons (Fsp3) is 0.714. The Morgan fingerprint density at radius 1 is 1.32 bits per heavy atom. The van der Waals surface area contributed by atoms with Gasteiger partial charge in [-0.2, -0.15) is 0 Å². The second-order valence-electron chi connectivity index (χ2n) is 5.49. The number of hydrogen-bond donors (Lipinski definition) is 0. The summed E-state index contributed by atoms with van der Waals surface area (Å²) in [6, 6.07) is 0. The molecule has 0 saturated heterocycles. The summed E-state index contributed by atoms with van der Waals surface area (Å²) in [4.78, 5) is 16.1. The first kappa shape index (κ1) is 16.1. The predicted octanol–water partition coefficient (Wildman–Crippen LogP) is 2.95. The number of esters is 1. The molecule has 1 heterocycles. The first-order valence-electron chi connectivity index (χ1n) is 6.53. The van der Waals surface area contributed by atoms with Crippen molar-refractivity contribution < 1.29 is 14.3 Å². The lowest BCUT2D eigenvalue weighted by molar-refractivity contribution is -0.143. The molecule has 5 heteroatoms. The van der Waals surface area contributed by atoms with Crippen LogP contribution in [0.15, 0.2) is 5.38 Å². The SMILES string of the molecule is COCCCCOC(=O)Cc1csc(C(C)(C)C)n1. The maximum Gasteiger partial charge on any atom is 0.311 e. The van der Waals surface area contributed by atoms with E-state index in [-0.39, 0.29) is 17.8 Å². The molecule has 1 aromatic heterocycles. The first-order chi connectivity index (χ1) is 8.93. The Morgan fingerprint density at radius 2 is 2.00 bits per heavy atom. The molecule has 0 radical (unpaired) electrons. The first-order valence-corrected chi connectivity index (χ1v) is 7.41. The van der Waals surface area contributed by atoms with E-state index >= 15 is 0 Å². The maximum absolute atomic E-state index is 11.6. The molecule has 0 aliphatic heterocycles. The molecule has 0 unspecified atom stereocenters. The molecule has 0 saturated carbocycles. The minimum atomic E-state index is -0.205. The van der Waals surface area contributed by atoms with E-state index in [1.165, 1.54) is 0 Å². The van der Waals surface area contributed by atoms with Crippen molar-refractivity contribution in [2.75, 3.05) is 20.3 Å². The largest absolute Gasteiger partial charge is 0.465 e. The van der Waals surface area contributed by atoms with Crippen LogP contribution in [-0.2, 0) is 26.1 Å². The molecule has 108 valence electrons. The smallest absolute Gasteiger partial charge is 0.311 e. The lowest BCUT2D eigenvalue weighted by Crippen LogP contribution is -2.12. The van der Waals surface area contributed by atoms with E-state index in [1.807, 2.05) is 5.38 Å². The van der Waals surface area contributed by atoms with Gasteiger partial charge >= 0.3 is 5.97 Å². The minimum absolute atomic E-state index is 0.0347. The molecule has 0 bridgehead atoms. The molecule has 4 nitrogen and oxygen atoms in total. The Morgan fingerprint density at radius 3 is 2.58 bits per heavy atom. The van der Waals surface area contributed by atoms with Crippen LogP contribution in [0.1, 0.15) is 44.3 Å². The van der Waals surface area contributed by atoms with Gasteiger partial charge in [0, 0.05) is 24.5 Å². The molecule has 1 aromatic rings. The van der Waals surface area contributed by atoms with Gasteiger partial charge < -0.3 is 9.47 Å². The molecule has 0 atom stereocenters. The molecule has 0 N–H and O–H groups in total. The Kier molecular flexibility index (Phi) is 6.45. The van der Waals surface area contributed by atoms with Gasteiger partial charge in [-0.25, -0.2) is 4.98 Å². The average molecular weight is 285 g/mol. The highest BCUT2D eigenvalue weighted by molar-refractivity contribution is 7.09. The van der Waals surface area contributed by atoms with Crippen LogP contribution in [0.4, 0.5) is 0 Å². The van der Waals surface area contributed by atoms with Crippen LogP contribution in [0.25, 0.3) is 0 Å². The molecule has 0 aliphatic carbocycles. The van der Waals surface area contributed by atoms with Crippen molar-refractivity contribution >= 4 is 17.3 Å². The van der Waals surface area contributed by atoms with Gasteiger partial charge in [-0.05, 0) is 12.8 Å². The summed E-state index contributed by atoms with van der Waals surface area (Å²) >= 11 is 1.60. The van der Waals surface area contributed by atoms with Crippen molar-refractivity contribution in [3.8, 4) is 0 Å². The Balaban J connectivity index is 2.30. The van der Waals surface area contributed by atoms with Crippen molar-refractivity contribution in [1.29, 1.82) is 0 Å². The van der Waals surface area contributed by atoms with Crippen molar-refractivity contribution in [2.45, 2.75) is 45.4 Å². The summed E-state index contributed by atoms with van der Waals surface area (Å²) in [6.07, 6.45) is 2.01. The molecule has 0 spiro atoms. The van der Waals surface area contributed by atoms with E-state index < -0.39 is 0 Å². The van der Waals surface area contributed by atoms with Crippen molar-refractivity contribution in [1.82, 2.24) is 4.98 Å². The number of carbonyl (C=O) groups is 1. The zero-order valence-corrected chi connectivity index (χ0v) is 13.0. The summed E-state index contributed by atoms with van der Waals surface area (Å²) < 4.78 is 10.1. The summed E-state index contributed by atoms with van der Waals surface area (Å²) in [5.41, 5.74) is 0.837. The molecular formula is C14H23NO3S. The number of carbonyl (C=O) groups excluding carboxylic acids is 1. The van der Waals surface area contributed by atoms with E-state index in [9.17, 15) is 4.79 Å². The number of methoxy groups -OCH3 is 1. The fourth-order valence-corrected chi connectivity index (χ4v) is 2.37. The highest BCUT2D eigenvalue weighted by atomic mass is 32.1. The van der Waals surface area contributed by atoms with E-state index in [0.29, 0.717) is 13.2 Å². The van der Waals surface area contributed by atoms with Crippen LogP contribution >= 0.6 is 11.3 Å². The number of ether oxygens (including phenoxy) is 2. The van der Waals surface area contributed by atoms with E-state index in [2.05, 4.69) is 25.8 Å². The monoisotopic (exact) mass is 285 g/mol. The average Bonchev–Trinajstić information content (AvgIpc) is 2.77. The normalized spacial score (nSPS) is 11.6. The standard InChI is InChI=1S/C14H23NO3S/c1-14(2,3)13-15-11(10-19-13)9-12(16)18-8-6-5-7-17-4/h10H,5-9H2,1-4H3. The van der Waals surface area contributed by atoms with Gasteiger partial charge in [-0.1, -0.05) is 20.8 Å². The third-order valence-electron chi connectivity index (χ3n) is 2.52. The third kappa shape index (κ3) is 6.16. The zero-order valence-electron chi connectivity index (χ0n) is 12.2. The number of unbranched alkanes of at least 4 members (excludes halogenated alkanes) is 1. The predicted molar refractivity (Wildman–Crippen MR) is 76.6 cm³/mol. The molecule has 1 rings (SSSR count). The van der Waals surface area contributed by atoms with Crippen molar-refractivity contribution in [3.63, 3.8) is 0 Å². The third-order valence-corrected chi connectivity index (χ3v) is 3.84. The summed E-state index contributed by atoms with van der Waals surface area (Å²) in [5.74, 6) is -0.205. The quantitative estimate of drug-likeness (QED) is 0.571. The van der Waals surface area contributed by atoms with E-state index in [0.717, 1.165) is 23.5 Å². The van der Waals surface area contributed by atoms with E-state index in [4.69, 9.17) is 9.47 Å². The van der Waals surface area contributed by atoms with Crippen LogP contribution in [0, 0.1) is 0 Å². The molecule has 0 fully saturated rings. The number of rotatable bonds is 7. The summed E-state index contributed by atoms with van der Waals surface area (Å²) in [7, 11) is 1.67. The second kappa shape index (κ2) is 7.60.